The minimum absolute atomic E-state index is 0.0282. The van der Waals surface area contributed by atoms with Gasteiger partial charge in [0.2, 0.25) is 5.91 Å². The molecule has 8 nitrogen and oxygen atoms in total. The third-order valence-corrected chi connectivity index (χ3v) is 4.51. The molecule has 0 heterocycles. The molecule has 2 rings (SSSR count). The van der Waals surface area contributed by atoms with E-state index in [-0.39, 0.29) is 35.9 Å². The van der Waals surface area contributed by atoms with Crippen molar-refractivity contribution in [2.24, 2.45) is 0 Å². The lowest BCUT2D eigenvalue weighted by atomic mass is 9.87. The summed E-state index contributed by atoms with van der Waals surface area (Å²) in [5, 5.41) is 19.2. The van der Waals surface area contributed by atoms with Crippen LogP contribution in [0.3, 0.4) is 0 Å². The van der Waals surface area contributed by atoms with Crippen molar-refractivity contribution in [1.82, 2.24) is 10.6 Å². The predicted molar refractivity (Wildman–Crippen MR) is 117 cm³/mol. The van der Waals surface area contributed by atoms with Gasteiger partial charge in [-0.3, -0.25) is 19.7 Å². The van der Waals surface area contributed by atoms with Crippen LogP contribution in [0.2, 0.25) is 0 Å². The second-order valence-electron chi connectivity index (χ2n) is 7.91. The molecule has 0 atom stereocenters. The molecule has 2 amide bonds. The van der Waals surface area contributed by atoms with Crippen LogP contribution in [-0.2, 0) is 10.2 Å². The summed E-state index contributed by atoms with van der Waals surface area (Å²) in [7, 11) is 0. The third kappa shape index (κ3) is 7.20. The quantitative estimate of drug-likeness (QED) is 0.332. The van der Waals surface area contributed by atoms with Crippen LogP contribution in [-0.4, -0.2) is 36.4 Å². The monoisotopic (exact) mass is 412 g/mol. The van der Waals surface area contributed by atoms with Crippen LogP contribution in [0, 0.1) is 10.1 Å². The fourth-order valence-electron chi connectivity index (χ4n) is 2.71. The molecule has 0 fully saturated rings. The Balaban J connectivity index is 1.63. The topological polar surface area (TPSA) is 113 Å². The summed E-state index contributed by atoms with van der Waals surface area (Å²) in [5.41, 5.74) is 2.51. The lowest BCUT2D eigenvalue weighted by molar-refractivity contribution is -0.384. The highest BCUT2D eigenvalue weighted by Gasteiger charge is 2.14. The summed E-state index contributed by atoms with van der Waals surface area (Å²) in [5.74, 6) is -0.369. The van der Waals surface area contributed by atoms with Gasteiger partial charge in [-0.05, 0) is 35.2 Å². The lowest BCUT2D eigenvalue weighted by Gasteiger charge is -2.19. The summed E-state index contributed by atoms with van der Waals surface area (Å²) in [6.07, 6.45) is 0.184. The number of benzene rings is 2. The van der Waals surface area contributed by atoms with E-state index in [0.29, 0.717) is 18.7 Å². The van der Waals surface area contributed by atoms with Crippen LogP contribution in [0.1, 0.15) is 43.1 Å². The summed E-state index contributed by atoms with van der Waals surface area (Å²) in [6, 6.07) is 13.5. The molecule has 0 bridgehead atoms. The number of carbonyl (C=O) groups is 2. The number of hydrogen-bond acceptors (Lipinski definition) is 5. The zero-order valence-corrected chi connectivity index (χ0v) is 17.5. The van der Waals surface area contributed by atoms with Crippen LogP contribution >= 0.6 is 0 Å². The van der Waals surface area contributed by atoms with Crippen molar-refractivity contribution in [3.8, 4) is 0 Å². The number of nitrogens with zero attached hydrogens (tertiary/aromatic N) is 1. The van der Waals surface area contributed by atoms with Crippen LogP contribution in [0.4, 0.5) is 11.4 Å². The Hall–Kier alpha value is -3.42. The summed E-state index contributed by atoms with van der Waals surface area (Å²) < 4.78 is 0. The first-order chi connectivity index (χ1) is 14.2. The highest BCUT2D eigenvalue weighted by molar-refractivity contribution is 5.94. The fraction of sp³-hybridized carbons (Fsp3) is 0.364. The van der Waals surface area contributed by atoms with Gasteiger partial charge in [0.15, 0.2) is 0 Å². The van der Waals surface area contributed by atoms with Gasteiger partial charge in [-0.15, -0.1) is 0 Å². The van der Waals surface area contributed by atoms with Crippen molar-refractivity contribution >= 4 is 23.2 Å². The molecule has 160 valence electrons. The van der Waals surface area contributed by atoms with Gasteiger partial charge in [0.05, 0.1) is 4.92 Å². The number of amides is 2. The molecule has 30 heavy (non-hydrogen) atoms. The van der Waals surface area contributed by atoms with E-state index in [1.807, 2.05) is 12.1 Å². The van der Waals surface area contributed by atoms with Gasteiger partial charge in [-0.2, -0.15) is 0 Å². The number of carbonyl (C=O) groups excluding carboxylic acids is 2. The maximum atomic E-state index is 12.2. The molecule has 8 heteroatoms. The van der Waals surface area contributed by atoms with Crippen LogP contribution in [0.5, 0.6) is 0 Å². The highest BCUT2D eigenvalue weighted by Crippen LogP contribution is 2.22. The molecule has 2 aromatic carbocycles. The molecule has 0 saturated carbocycles. The van der Waals surface area contributed by atoms with Crippen molar-refractivity contribution < 1.29 is 14.5 Å². The number of nitro groups is 1. The van der Waals surface area contributed by atoms with E-state index in [9.17, 15) is 19.7 Å². The molecule has 0 unspecified atom stereocenters. The maximum Gasteiger partial charge on any atom is 0.269 e. The van der Waals surface area contributed by atoms with Crippen molar-refractivity contribution in [1.29, 1.82) is 0 Å². The number of nitro benzene ring substituents is 1. The minimum atomic E-state index is -0.455. The molecule has 0 spiro atoms. The van der Waals surface area contributed by atoms with Gasteiger partial charge in [-0.1, -0.05) is 32.9 Å². The smallest absolute Gasteiger partial charge is 0.269 e. The SMILES string of the molecule is CC(C)(C)c1ccc(C(=O)NCCC(=O)NCCNc2ccc([N+](=O)[O-])cc2)cc1. The molecule has 0 aliphatic heterocycles. The molecule has 0 saturated heterocycles. The van der Waals surface area contributed by atoms with E-state index < -0.39 is 4.92 Å². The van der Waals surface area contributed by atoms with E-state index in [0.717, 1.165) is 11.3 Å². The van der Waals surface area contributed by atoms with Crippen LogP contribution in [0.15, 0.2) is 48.5 Å². The Morgan fingerprint density at radius 3 is 2.10 bits per heavy atom. The van der Waals surface area contributed by atoms with Crippen molar-refractivity contribution in [3.63, 3.8) is 0 Å². The van der Waals surface area contributed by atoms with Gasteiger partial charge in [0, 0.05) is 49.4 Å². The van der Waals surface area contributed by atoms with Crippen LogP contribution in [0.25, 0.3) is 0 Å². The molecule has 2 aromatic rings. The van der Waals surface area contributed by atoms with Crippen molar-refractivity contribution in [2.75, 3.05) is 25.0 Å². The Morgan fingerprint density at radius 1 is 0.900 bits per heavy atom. The van der Waals surface area contributed by atoms with E-state index in [1.54, 1.807) is 24.3 Å². The number of anilines is 1. The molecule has 3 N–H and O–H groups in total. The van der Waals surface area contributed by atoms with Gasteiger partial charge in [0.1, 0.15) is 0 Å². The predicted octanol–water partition coefficient (Wildman–Crippen LogP) is 3.24. The highest BCUT2D eigenvalue weighted by atomic mass is 16.6. The zero-order valence-electron chi connectivity index (χ0n) is 17.5. The second kappa shape index (κ2) is 10.4. The van der Waals surface area contributed by atoms with Crippen molar-refractivity contribution in [2.45, 2.75) is 32.6 Å². The number of rotatable bonds is 9. The first-order valence-electron chi connectivity index (χ1n) is 9.80. The van der Waals surface area contributed by atoms with Crippen LogP contribution < -0.4 is 16.0 Å². The summed E-state index contributed by atoms with van der Waals surface area (Å²) in [6.45, 7) is 7.47. The minimum Gasteiger partial charge on any atom is -0.383 e. The zero-order chi connectivity index (χ0) is 22.1. The first-order valence-corrected chi connectivity index (χ1v) is 9.80. The van der Waals surface area contributed by atoms with Crippen molar-refractivity contribution in [3.05, 3.63) is 69.8 Å². The maximum absolute atomic E-state index is 12.2. The van der Waals surface area contributed by atoms with E-state index in [4.69, 9.17) is 0 Å². The van der Waals surface area contributed by atoms with Gasteiger partial charge in [0.25, 0.3) is 11.6 Å². The lowest BCUT2D eigenvalue weighted by Crippen LogP contribution is -2.33. The van der Waals surface area contributed by atoms with E-state index >= 15 is 0 Å². The normalized spacial score (nSPS) is 10.9. The average molecular weight is 412 g/mol. The van der Waals surface area contributed by atoms with Gasteiger partial charge in [-0.25, -0.2) is 0 Å². The Morgan fingerprint density at radius 2 is 1.53 bits per heavy atom. The van der Waals surface area contributed by atoms with E-state index in [2.05, 4.69) is 36.7 Å². The number of hydrogen-bond donors (Lipinski definition) is 3. The standard InChI is InChI=1S/C22H28N4O4/c1-22(2,3)17-6-4-16(5-7-17)21(28)25-13-12-20(27)24-15-14-23-18-8-10-19(11-9-18)26(29)30/h4-11,23H,12-15H2,1-3H3,(H,24,27)(H,25,28). The Labute approximate surface area is 176 Å². The third-order valence-electron chi connectivity index (χ3n) is 4.51. The summed E-state index contributed by atoms with van der Waals surface area (Å²) in [4.78, 5) is 34.2. The fourth-order valence-corrected chi connectivity index (χ4v) is 2.71. The average Bonchev–Trinajstić information content (AvgIpc) is 2.71. The first kappa shape index (κ1) is 22.9. The Bertz CT molecular complexity index is 872. The van der Waals surface area contributed by atoms with E-state index in [1.165, 1.54) is 12.1 Å². The number of nitrogens with one attached hydrogen (secondary N) is 3. The Kier molecular flexibility index (Phi) is 7.91. The molecular formula is C22H28N4O4. The second-order valence-corrected chi connectivity index (χ2v) is 7.91. The molecule has 0 radical (unpaired) electrons. The largest absolute Gasteiger partial charge is 0.383 e. The molecule has 0 aliphatic carbocycles. The summed E-state index contributed by atoms with van der Waals surface area (Å²) >= 11 is 0. The molecule has 0 aromatic heterocycles. The van der Waals surface area contributed by atoms with Gasteiger partial charge >= 0.3 is 0 Å². The number of non-ortho nitro benzene ring substituents is 1. The molecular weight excluding hydrogens is 384 g/mol. The van der Waals surface area contributed by atoms with Gasteiger partial charge < -0.3 is 16.0 Å². The molecule has 0 aliphatic rings.